The first-order chi connectivity index (χ1) is 14.6. The van der Waals surface area contributed by atoms with Crippen LogP contribution in [-0.2, 0) is 24.4 Å². The first-order valence-corrected chi connectivity index (χ1v) is 13.7. The third-order valence-corrected chi connectivity index (χ3v) is 9.96. The van der Waals surface area contributed by atoms with Crippen molar-refractivity contribution < 1.29 is 31.1 Å². The van der Waals surface area contributed by atoms with E-state index in [1.807, 2.05) is 0 Å². The van der Waals surface area contributed by atoms with E-state index in [-0.39, 0.29) is 28.5 Å². The third kappa shape index (κ3) is 5.32. The fourth-order valence-electron chi connectivity index (χ4n) is 4.19. The van der Waals surface area contributed by atoms with Crippen LogP contribution in [0.1, 0.15) is 25.3 Å². The summed E-state index contributed by atoms with van der Waals surface area (Å²) in [5.41, 5.74) is 0.746. The fourth-order valence-corrected chi connectivity index (χ4v) is 9.11. The van der Waals surface area contributed by atoms with Gasteiger partial charge in [0.25, 0.3) is 0 Å². The van der Waals surface area contributed by atoms with Gasteiger partial charge < -0.3 is 19.7 Å². The Morgan fingerprint density at radius 2 is 1.90 bits per heavy atom. The number of nitrogens with zero attached hydrogens (tertiary/aromatic N) is 1. The fraction of sp³-hybridized carbons (Fsp3) is 0.650. The summed E-state index contributed by atoms with van der Waals surface area (Å²) in [6.07, 6.45) is 0.822. The van der Waals surface area contributed by atoms with Gasteiger partial charge in [-0.3, -0.25) is 0 Å². The van der Waals surface area contributed by atoms with Crippen molar-refractivity contribution in [3.8, 4) is 5.75 Å². The van der Waals surface area contributed by atoms with Crippen molar-refractivity contribution in [2.24, 2.45) is 0 Å². The molecule has 0 radical (unpaired) electrons. The first-order valence-electron chi connectivity index (χ1n) is 10.3. The number of benzene rings is 1. The van der Waals surface area contributed by atoms with Crippen LogP contribution < -0.4 is 10.1 Å². The van der Waals surface area contributed by atoms with Gasteiger partial charge in [0.15, 0.2) is 19.7 Å². The third-order valence-electron chi connectivity index (χ3n) is 5.80. The Morgan fingerprint density at radius 3 is 2.52 bits per heavy atom. The van der Waals surface area contributed by atoms with Crippen molar-refractivity contribution in [3.63, 3.8) is 0 Å². The molecule has 3 rings (SSSR count). The molecule has 1 aromatic rings. The summed E-state index contributed by atoms with van der Waals surface area (Å²) in [5.74, 6) is -0.453. The second-order valence-electron chi connectivity index (χ2n) is 8.05. The number of likely N-dealkylation sites (tertiary alicyclic amines) is 1. The van der Waals surface area contributed by atoms with Crippen molar-refractivity contribution in [1.82, 2.24) is 10.2 Å². The van der Waals surface area contributed by atoms with Gasteiger partial charge >= 0.3 is 6.09 Å². The maximum Gasteiger partial charge on any atom is 0.409 e. The molecule has 11 heteroatoms. The molecule has 2 aliphatic rings. The highest BCUT2D eigenvalue weighted by Crippen LogP contribution is 2.33. The number of sulfone groups is 2. The molecule has 1 N–H and O–H groups in total. The highest BCUT2D eigenvalue weighted by Gasteiger charge is 2.47. The number of amides is 1. The Balaban J connectivity index is 1.78. The summed E-state index contributed by atoms with van der Waals surface area (Å²) in [6, 6.07) is 4.05. The Kier molecular flexibility index (Phi) is 7.17. The summed E-state index contributed by atoms with van der Waals surface area (Å²) in [5, 5.41) is 2.16. The van der Waals surface area contributed by atoms with Gasteiger partial charge in [-0.05, 0) is 44.4 Å². The number of methoxy groups -OCH3 is 1. The maximum atomic E-state index is 13.5. The van der Waals surface area contributed by atoms with Gasteiger partial charge in [0.05, 0.1) is 30.5 Å². The van der Waals surface area contributed by atoms with E-state index in [0.717, 1.165) is 5.56 Å². The first kappa shape index (κ1) is 23.8. The van der Waals surface area contributed by atoms with Crippen molar-refractivity contribution in [1.29, 1.82) is 0 Å². The Labute approximate surface area is 183 Å². The van der Waals surface area contributed by atoms with E-state index < -0.39 is 36.7 Å². The molecule has 0 aromatic heterocycles. The van der Waals surface area contributed by atoms with Crippen LogP contribution in [0.5, 0.6) is 5.75 Å². The molecule has 0 bridgehead atoms. The lowest BCUT2D eigenvalue weighted by atomic mass is 10.0. The summed E-state index contributed by atoms with van der Waals surface area (Å²) in [7, 11) is -6.08. The Morgan fingerprint density at radius 1 is 1.23 bits per heavy atom. The Hall–Kier alpha value is -1.85. The molecule has 31 heavy (non-hydrogen) atoms. The number of ether oxygens (including phenoxy) is 2. The van der Waals surface area contributed by atoms with Crippen molar-refractivity contribution >= 4 is 25.8 Å². The van der Waals surface area contributed by atoms with E-state index in [1.54, 1.807) is 30.9 Å². The minimum atomic E-state index is -3.96. The van der Waals surface area contributed by atoms with E-state index in [2.05, 4.69) is 5.32 Å². The normalized spacial score (nSPS) is 24.2. The lowest BCUT2D eigenvalue weighted by molar-refractivity contribution is 0.0945. The summed E-state index contributed by atoms with van der Waals surface area (Å²) in [4.78, 5) is 13.5. The maximum absolute atomic E-state index is 13.5. The second-order valence-corrected chi connectivity index (χ2v) is 12.3. The van der Waals surface area contributed by atoms with Crippen LogP contribution in [0.2, 0.25) is 0 Å². The predicted octanol–water partition coefficient (Wildman–Crippen LogP) is 1.15. The number of carbonyl (C=O) groups excluding carboxylic acids is 1. The number of carbonyl (C=O) groups is 1. The topological polar surface area (TPSA) is 119 Å². The number of nitrogens with one attached hydrogen (secondary N) is 1. The quantitative estimate of drug-likeness (QED) is 0.652. The van der Waals surface area contributed by atoms with Crippen LogP contribution >= 0.6 is 0 Å². The van der Waals surface area contributed by atoms with Crippen LogP contribution in [0.4, 0.5) is 4.79 Å². The summed E-state index contributed by atoms with van der Waals surface area (Å²) in [6.45, 7) is 4.77. The molecule has 2 aliphatic heterocycles. The van der Waals surface area contributed by atoms with Gasteiger partial charge in [-0.2, -0.15) is 0 Å². The van der Waals surface area contributed by atoms with Crippen LogP contribution in [0, 0.1) is 6.92 Å². The Bertz CT molecular complexity index is 1020. The van der Waals surface area contributed by atoms with E-state index >= 15 is 0 Å². The number of hydrogen-bond acceptors (Lipinski definition) is 8. The molecule has 0 saturated carbocycles. The molecule has 9 nitrogen and oxygen atoms in total. The van der Waals surface area contributed by atoms with Gasteiger partial charge in [0.2, 0.25) is 0 Å². The standard InChI is InChI=1S/C20H30N2O7S2/c1-4-29-20(23)22-9-7-15(8-10-22)21-16-12-30(24,25)13-19(16)31(26,27)18-11-14(2)5-6-17(18)28-3/h5-6,11,15-16,19,21H,4,7-10,12-13H2,1-3H3/t16-,19-/m0/s1. The molecule has 1 aromatic carbocycles. The van der Waals surface area contributed by atoms with Crippen LogP contribution in [0.15, 0.2) is 23.1 Å². The molecule has 0 spiro atoms. The molecule has 2 heterocycles. The minimum absolute atomic E-state index is 0.0148. The van der Waals surface area contributed by atoms with E-state index in [1.165, 1.54) is 13.2 Å². The van der Waals surface area contributed by atoms with Crippen LogP contribution in [0.3, 0.4) is 0 Å². The molecular formula is C20H30N2O7S2. The molecule has 2 fully saturated rings. The number of rotatable bonds is 6. The smallest absolute Gasteiger partial charge is 0.409 e. The number of aryl methyl sites for hydroxylation is 1. The molecule has 2 saturated heterocycles. The molecule has 0 aliphatic carbocycles. The molecular weight excluding hydrogens is 444 g/mol. The van der Waals surface area contributed by atoms with Gasteiger partial charge in [-0.25, -0.2) is 21.6 Å². The van der Waals surface area contributed by atoms with Gasteiger partial charge in [0, 0.05) is 25.2 Å². The lowest BCUT2D eigenvalue weighted by Crippen LogP contribution is -2.52. The van der Waals surface area contributed by atoms with Crippen LogP contribution in [-0.4, -0.2) is 83.5 Å². The van der Waals surface area contributed by atoms with E-state index in [4.69, 9.17) is 9.47 Å². The van der Waals surface area contributed by atoms with E-state index in [9.17, 15) is 21.6 Å². The second kappa shape index (κ2) is 9.33. The van der Waals surface area contributed by atoms with Gasteiger partial charge in [-0.15, -0.1) is 0 Å². The zero-order chi connectivity index (χ0) is 22.8. The average Bonchev–Trinajstić information content (AvgIpc) is 3.03. The molecule has 2 atom stereocenters. The van der Waals surface area contributed by atoms with Crippen molar-refractivity contribution in [3.05, 3.63) is 23.8 Å². The zero-order valence-corrected chi connectivity index (χ0v) is 19.7. The number of piperidine rings is 1. The molecule has 1 amide bonds. The SMILES string of the molecule is CCOC(=O)N1CCC(N[C@H]2CS(=O)(=O)C[C@@H]2S(=O)(=O)c2cc(C)ccc2OC)CC1. The molecule has 0 unspecified atom stereocenters. The summed E-state index contributed by atoms with van der Waals surface area (Å²) >= 11 is 0. The molecule has 174 valence electrons. The van der Waals surface area contributed by atoms with Gasteiger partial charge in [0.1, 0.15) is 10.6 Å². The largest absolute Gasteiger partial charge is 0.495 e. The van der Waals surface area contributed by atoms with E-state index in [0.29, 0.717) is 32.5 Å². The zero-order valence-electron chi connectivity index (χ0n) is 18.0. The number of hydrogen-bond donors (Lipinski definition) is 1. The lowest BCUT2D eigenvalue weighted by Gasteiger charge is -2.34. The van der Waals surface area contributed by atoms with Crippen LogP contribution in [0.25, 0.3) is 0 Å². The van der Waals surface area contributed by atoms with Crippen molar-refractivity contribution in [2.75, 3.05) is 38.3 Å². The highest BCUT2D eigenvalue weighted by atomic mass is 32.2. The monoisotopic (exact) mass is 474 g/mol. The van der Waals surface area contributed by atoms with Crippen molar-refractivity contribution in [2.45, 2.75) is 48.9 Å². The van der Waals surface area contributed by atoms with Gasteiger partial charge in [-0.1, -0.05) is 6.07 Å². The summed E-state index contributed by atoms with van der Waals surface area (Å²) < 4.78 is 62.0. The minimum Gasteiger partial charge on any atom is -0.495 e. The average molecular weight is 475 g/mol. The predicted molar refractivity (Wildman–Crippen MR) is 116 cm³/mol. The highest BCUT2D eigenvalue weighted by molar-refractivity contribution is 7.96.